The zero-order chi connectivity index (χ0) is 19.7. The quantitative estimate of drug-likeness (QED) is 0.490. The minimum absolute atomic E-state index is 0.217. The molecule has 4 aromatic rings. The number of hydrogen-bond acceptors (Lipinski definition) is 3. The van der Waals surface area contributed by atoms with E-state index in [0.717, 1.165) is 26.3 Å². The Morgan fingerprint density at radius 3 is 1.89 bits per heavy atom. The molecule has 0 bridgehead atoms. The molecule has 0 amide bonds. The van der Waals surface area contributed by atoms with E-state index in [0.29, 0.717) is 11.4 Å². The van der Waals surface area contributed by atoms with Crippen molar-refractivity contribution in [1.29, 1.82) is 0 Å². The van der Waals surface area contributed by atoms with Crippen molar-refractivity contribution in [3.63, 3.8) is 0 Å². The summed E-state index contributed by atoms with van der Waals surface area (Å²) < 4.78 is 27.8. The van der Waals surface area contributed by atoms with Gasteiger partial charge in [-0.25, -0.2) is 0 Å². The predicted octanol–water partition coefficient (Wildman–Crippen LogP) is 5.07. The van der Waals surface area contributed by atoms with Gasteiger partial charge in [-0.05, 0) is 32.0 Å². The SMILES string of the molecule is Cc1ccc(-c2cc(-c3ccccc3)nn2S(=O)(=O)c2ccc(C)cc2)cc1. The van der Waals surface area contributed by atoms with Gasteiger partial charge in [0.05, 0.1) is 16.3 Å². The zero-order valence-corrected chi connectivity index (χ0v) is 16.5. The number of nitrogens with zero attached hydrogens (tertiary/aromatic N) is 2. The van der Waals surface area contributed by atoms with Crippen LogP contribution in [0.25, 0.3) is 22.5 Å². The van der Waals surface area contributed by atoms with Crippen LogP contribution >= 0.6 is 0 Å². The van der Waals surface area contributed by atoms with Crippen molar-refractivity contribution in [2.75, 3.05) is 0 Å². The van der Waals surface area contributed by atoms with Crippen molar-refractivity contribution in [2.24, 2.45) is 0 Å². The summed E-state index contributed by atoms with van der Waals surface area (Å²) in [7, 11) is -3.83. The van der Waals surface area contributed by atoms with Gasteiger partial charge >= 0.3 is 0 Å². The first kappa shape index (κ1) is 18.2. The Hall–Kier alpha value is -3.18. The number of aromatic nitrogens is 2. The van der Waals surface area contributed by atoms with Gasteiger partial charge in [-0.1, -0.05) is 77.9 Å². The van der Waals surface area contributed by atoms with E-state index in [2.05, 4.69) is 5.10 Å². The molecule has 1 aromatic heterocycles. The lowest BCUT2D eigenvalue weighted by Gasteiger charge is -2.09. The summed E-state index contributed by atoms with van der Waals surface area (Å²) in [6, 6.07) is 26.0. The molecule has 0 radical (unpaired) electrons. The molecule has 0 N–H and O–H groups in total. The van der Waals surface area contributed by atoms with Crippen molar-refractivity contribution < 1.29 is 8.42 Å². The molecule has 28 heavy (non-hydrogen) atoms. The molecule has 0 saturated carbocycles. The van der Waals surface area contributed by atoms with Crippen molar-refractivity contribution >= 4 is 10.0 Å². The van der Waals surface area contributed by atoms with E-state index in [-0.39, 0.29) is 4.90 Å². The molecule has 0 unspecified atom stereocenters. The highest BCUT2D eigenvalue weighted by molar-refractivity contribution is 7.90. The van der Waals surface area contributed by atoms with Gasteiger partial charge in [0.15, 0.2) is 0 Å². The smallest absolute Gasteiger partial charge is 0.199 e. The Balaban J connectivity index is 1.93. The zero-order valence-electron chi connectivity index (χ0n) is 15.7. The van der Waals surface area contributed by atoms with Crippen LogP contribution in [0, 0.1) is 13.8 Å². The maximum Gasteiger partial charge on any atom is 0.283 e. The van der Waals surface area contributed by atoms with E-state index in [1.807, 2.05) is 74.5 Å². The summed E-state index contributed by atoms with van der Waals surface area (Å²) in [6.45, 7) is 3.93. The molecule has 0 fully saturated rings. The predicted molar refractivity (Wildman–Crippen MR) is 112 cm³/mol. The maximum atomic E-state index is 13.4. The summed E-state index contributed by atoms with van der Waals surface area (Å²) in [5, 5.41) is 4.48. The fourth-order valence-electron chi connectivity index (χ4n) is 3.03. The lowest BCUT2D eigenvalue weighted by Crippen LogP contribution is -2.16. The Morgan fingerprint density at radius 1 is 0.714 bits per heavy atom. The second-order valence-corrected chi connectivity index (χ2v) is 8.58. The first-order chi connectivity index (χ1) is 13.4. The largest absolute Gasteiger partial charge is 0.283 e. The lowest BCUT2D eigenvalue weighted by atomic mass is 10.1. The Kier molecular flexibility index (Phi) is 4.61. The van der Waals surface area contributed by atoms with E-state index in [4.69, 9.17) is 0 Å². The van der Waals surface area contributed by atoms with Gasteiger partial charge in [-0.15, -0.1) is 0 Å². The molecule has 4 nitrogen and oxygen atoms in total. The summed E-state index contributed by atoms with van der Waals surface area (Å²) in [4.78, 5) is 0.217. The fourth-order valence-corrected chi connectivity index (χ4v) is 4.32. The van der Waals surface area contributed by atoms with Crippen LogP contribution in [0.2, 0.25) is 0 Å². The first-order valence-corrected chi connectivity index (χ1v) is 10.4. The number of aryl methyl sites for hydroxylation is 2. The van der Waals surface area contributed by atoms with Crippen molar-refractivity contribution in [2.45, 2.75) is 18.7 Å². The number of benzene rings is 3. The second-order valence-electron chi connectivity index (χ2n) is 6.81. The first-order valence-electron chi connectivity index (χ1n) is 9.00. The minimum Gasteiger partial charge on any atom is -0.199 e. The third-order valence-electron chi connectivity index (χ3n) is 4.64. The van der Waals surface area contributed by atoms with E-state index in [1.54, 1.807) is 24.3 Å². The molecular weight excluding hydrogens is 368 g/mol. The third kappa shape index (κ3) is 3.37. The van der Waals surface area contributed by atoms with Crippen LogP contribution in [-0.4, -0.2) is 17.6 Å². The van der Waals surface area contributed by atoms with E-state index >= 15 is 0 Å². The molecule has 0 spiro atoms. The van der Waals surface area contributed by atoms with Gasteiger partial charge in [0.1, 0.15) is 0 Å². The van der Waals surface area contributed by atoms with Crippen LogP contribution in [0.5, 0.6) is 0 Å². The molecule has 0 aliphatic heterocycles. The third-order valence-corrected chi connectivity index (χ3v) is 6.24. The summed E-state index contributed by atoms with van der Waals surface area (Å²) in [6.07, 6.45) is 0. The van der Waals surface area contributed by atoms with Gasteiger partial charge in [0.25, 0.3) is 10.0 Å². The summed E-state index contributed by atoms with van der Waals surface area (Å²) in [5.74, 6) is 0. The maximum absolute atomic E-state index is 13.4. The van der Waals surface area contributed by atoms with E-state index in [1.165, 1.54) is 0 Å². The molecule has 0 aliphatic carbocycles. The summed E-state index contributed by atoms with van der Waals surface area (Å²) >= 11 is 0. The Bertz CT molecular complexity index is 1210. The van der Waals surface area contributed by atoms with Gasteiger partial charge in [-0.3, -0.25) is 0 Å². The van der Waals surface area contributed by atoms with Gasteiger partial charge < -0.3 is 0 Å². The fraction of sp³-hybridized carbons (Fsp3) is 0.0870. The molecule has 4 rings (SSSR count). The van der Waals surface area contributed by atoms with Crippen molar-refractivity contribution in [3.8, 4) is 22.5 Å². The average Bonchev–Trinajstić information content (AvgIpc) is 3.16. The molecule has 140 valence electrons. The number of hydrogen-bond donors (Lipinski definition) is 0. The Labute approximate surface area is 165 Å². The monoisotopic (exact) mass is 388 g/mol. The van der Waals surface area contributed by atoms with Gasteiger partial charge in [0.2, 0.25) is 0 Å². The lowest BCUT2D eigenvalue weighted by molar-refractivity contribution is 0.581. The van der Waals surface area contributed by atoms with E-state index in [9.17, 15) is 8.42 Å². The summed E-state index contributed by atoms with van der Waals surface area (Å²) in [5.41, 5.74) is 4.94. The molecule has 0 saturated heterocycles. The van der Waals surface area contributed by atoms with Gasteiger partial charge in [0, 0.05) is 11.1 Å². The topological polar surface area (TPSA) is 52.0 Å². The molecule has 3 aromatic carbocycles. The number of rotatable bonds is 4. The Morgan fingerprint density at radius 2 is 1.29 bits per heavy atom. The van der Waals surface area contributed by atoms with Crippen molar-refractivity contribution in [3.05, 3.63) is 96.1 Å². The molecule has 0 atom stereocenters. The van der Waals surface area contributed by atoms with Crippen molar-refractivity contribution in [1.82, 2.24) is 9.19 Å². The minimum atomic E-state index is -3.83. The standard InChI is InChI=1S/C23H20N2O2S/c1-17-8-12-20(13-9-17)23-16-22(19-6-4-3-5-7-19)24-25(23)28(26,27)21-14-10-18(2)11-15-21/h3-16H,1-2H3. The van der Waals surface area contributed by atoms with Gasteiger partial charge in [-0.2, -0.15) is 17.6 Å². The highest BCUT2D eigenvalue weighted by Gasteiger charge is 2.24. The van der Waals surface area contributed by atoms with Crippen LogP contribution in [0.15, 0.2) is 89.8 Å². The van der Waals surface area contributed by atoms with Crippen LogP contribution < -0.4 is 0 Å². The average molecular weight is 388 g/mol. The molecular formula is C23H20N2O2S. The van der Waals surface area contributed by atoms with Crippen LogP contribution in [0.4, 0.5) is 0 Å². The highest BCUT2D eigenvalue weighted by Crippen LogP contribution is 2.29. The molecule has 0 aliphatic rings. The highest BCUT2D eigenvalue weighted by atomic mass is 32.2. The molecule has 5 heteroatoms. The van der Waals surface area contributed by atoms with Crippen LogP contribution in [0.1, 0.15) is 11.1 Å². The molecule has 1 heterocycles. The van der Waals surface area contributed by atoms with E-state index < -0.39 is 10.0 Å². The second kappa shape index (κ2) is 7.09. The normalized spacial score (nSPS) is 11.5. The van der Waals surface area contributed by atoms with Crippen LogP contribution in [-0.2, 0) is 10.0 Å². The van der Waals surface area contributed by atoms with Crippen LogP contribution in [0.3, 0.4) is 0 Å².